The fourth-order valence-electron chi connectivity index (χ4n) is 3.75. The van der Waals surface area contributed by atoms with Crippen LogP contribution in [-0.4, -0.2) is 35.6 Å². The Morgan fingerprint density at radius 3 is 2.84 bits per heavy atom. The fraction of sp³-hybridized carbons (Fsp3) is 0.435. The van der Waals surface area contributed by atoms with Crippen molar-refractivity contribution in [2.75, 3.05) is 11.3 Å². The molecule has 1 aromatic heterocycles. The Balaban J connectivity index is 1.23. The second kappa shape index (κ2) is 9.28. The molecule has 0 spiro atoms. The van der Waals surface area contributed by atoms with Gasteiger partial charge in [0.1, 0.15) is 5.75 Å². The number of benzene rings is 2. The number of ether oxygens (including phenoxy) is 1. The Labute approximate surface area is 182 Å². The Morgan fingerprint density at radius 1 is 1.23 bits per heavy atom. The second-order valence-corrected chi connectivity index (χ2v) is 10.2. The van der Waals surface area contributed by atoms with Crippen LogP contribution in [0.4, 0.5) is 5.69 Å². The van der Waals surface area contributed by atoms with E-state index in [1.54, 1.807) is 18.2 Å². The van der Waals surface area contributed by atoms with E-state index >= 15 is 0 Å². The molecule has 0 unspecified atom stereocenters. The third kappa shape index (κ3) is 5.19. The van der Waals surface area contributed by atoms with Crippen LogP contribution in [0, 0.1) is 6.92 Å². The number of nitrogens with one attached hydrogen (secondary N) is 2. The van der Waals surface area contributed by atoms with E-state index < -0.39 is 16.1 Å². The lowest BCUT2D eigenvalue weighted by molar-refractivity contribution is 0.160. The summed E-state index contributed by atoms with van der Waals surface area (Å²) in [7, 11) is -3.34. The normalized spacial score (nSPS) is 15.5. The summed E-state index contributed by atoms with van der Waals surface area (Å²) in [6, 6.07) is 12.9. The van der Waals surface area contributed by atoms with Crippen LogP contribution in [0.25, 0.3) is 10.9 Å². The van der Waals surface area contributed by atoms with Crippen molar-refractivity contribution < 1.29 is 18.3 Å². The molecule has 1 fully saturated rings. The molecule has 1 atom stereocenters. The number of anilines is 1. The number of fused-ring (bicyclic) bond motifs is 1. The third-order valence-electron chi connectivity index (χ3n) is 5.88. The molecular weight excluding hydrogens is 414 g/mol. The predicted octanol–water partition coefficient (Wildman–Crippen LogP) is 4.45. The molecule has 0 aliphatic heterocycles. The molecule has 2 aromatic carbocycles. The molecule has 1 heterocycles. The lowest BCUT2D eigenvalue weighted by Crippen LogP contribution is -2.33. The maximum absolute atomic E-state index is 12.3. The standard InChI is InChI=1S/C23H29N3O4S/c1-16-21-12-11-19(15-22(21)25-24-16)30-13-3-2-10-23(27)17-6-4-7-18(14-17)26-31(28,29)20-8-5-9-20/h4,6-7,11-12,14-15,20,23,26-27H,2-3,5,8-10,13H2,1H3,(H,24,25)/t23-/m0/s1. The number of hydrogen-bond acceptors (Lipinski definition) is 5. The molecule has 0 bridgehead atoms. The van der Waals surface area contributed by atoms with E-state index in [0.717, 1.165) is 54.5 Å². The Hall–Kier alpha value is -2.58. The van der Waals surface area contributed by atoms with Gasteiger partial charge in [0.05, 0.1) is 23.5 Å². The van der Waals surface area contributed by atoms with Crippen LogP contribution >= 0.6 is 0 Å². The molecule has 1 aliphatic carbocycles. The molecule has 4 rings (SSSR count). The van der Waals surface area contributed by atoms with Crippen molar-refractivity contribution in [3.05, 3.63) is 53.7 Å². The van der Waals surface area contributed by atoms with Gasteiger partial charge in [0.25, 0.3) is 0 Å². The number of aliphatic hydroxyl groups is 1. The topological polar surface area (TPSA) is 104 Å². The van der Waals surface area contributed by atoms with Crippen LogP contribution < -0.4 is 9.46 Å². The zero-order valence-corrected chi connectivity index (χ0v) is 18.5. The highest BCUT2D eigenvalue weighted by molar-refractivity contribution is 7.93. The molecule has 0 saturated heterocycles. The van der Waals surface area contributed by atoms with Gasteiger partial charge in [0.15, 0.2) is 0 Å². The van der Waals surface area contributed by atoms with Crippen molar-refractivity contribution in [3.8, 4) is 5.75 Å². The molecule has 0 amide bonds. The minimum absolute atomic E-state index is 0.293. The van der Waals surface area contributed by atoms with Gasteiger partial charge in [0, 0.05) is 22.8 Å². The molecule has 8 heteroatoms. The number of aromatic nitrogens is 2. The molecule has 1 aliphatic rings. The van der Waals surface area contributed by atoms with E-state index in [1.165, 1.54) is 0 Å². The number of nitrogens with zero attached hydrogens (tertiary/aromatic N) is 1. The first kappa shape index (κ1) is 21.6. The fourth-order valence-corrected chi connectivity index (χ4v) is 5.33. The number of aromatic amines is 1. The number of aliphatic hydroxyl groups excluding tert-OH is 1. The van der Waals surface area contributed by atoms with E-state index in [1.807, 2.05) is 31.2 Å². The van der Waals surface area contributed by atoms with Gasteiger partial charge in [-0.2, -0.15) is 5.10 Å². The van der Waals surface area contributed by atoms with Gasteiger partial charge in [-0.1, -0.05) is 18.6 Å². The smallest absolute Gasteiger partial charge is 0.235 e. The number of H-pyrrole nitrogens is 1. The van der Waals surface area contributed by atoms with Crippen molar-refractivity contribution in [1.29, 1.82) is 0 Å². The summed E-state index contributed by atoms with van der Waals surface area (Å²) in [6.07, 6.45) is 3.94. The molecule has 1 saturated carbocycles. The maximum atomic E-state index is 12.3. The first-order valence-electron chi connectivity index (χ1n) is 10.8. The summed E-state index contributed by atoms with van der Waals surface area (Å²) >= 11 is 0. The van der Waals surface area contributed by atoms with E-state index in [4.69, 9.17) is 4.74 Å². The average Bonchev–Trinajstić information content (AvgIpc) is 3.06. The summed E-state index contributed by atoms with van der Waals surface area (Å²) in [4.78, 5) is 0. The zero-order chi connectivity index (χ0) is 21.8. The van der Waals surface area contributed by atoms with Crippen molar-refractivity contribution in [1.82, 2.24) is 10.2 Å². The van der Waals surface area contributed by atoms with Gasteiger partial charge >= 0.3 is 0 Å². The Morgan fingerprint density at radius 2 is 2.06 bits per heavy atom. The minimum Gasteiger partial charge on any atom is -0.494 e. The minimum atomic E-state index is -3.34. The summed E-state index contributed by atoms with van der Waals surface area (Å²) < 4.78 is 33.1. The summed E-state index contributed by atoms with van der Waals surface area (Å²) in [5.41, 5.74) is 3.15. The third-order valence-corrected chi connectivity index (χ3v) is 7.75. The SMILES string of the molecule is Cc1[nH]nc2cc(OCCCC[C@H](O)c3cccc(NS(=O)(=O)C4CCC4)c3)ccc12. The van der Waals surface area contributed by atoms with E-state index in [9.17, 15) is 13.5 Å². The van der Waals surface area contributed by atoms with E-state index in [-0.39, 0.29) is 5.25 Å². The molecule has 31 heavy (non-hydrogen) atoms. The average molecular weight is 444 g/mol. The first-order chi connectivity index (χ1) is 14.9. The highest BCUT2D eigenvalue weighted by Gasteiger charge is 2.31. The van der Waals surface area contributed by atoms with Crippen LogP contribution in [0.1, 0.15) is 55.9 Å². The molecule has 3 N–H and O–H groups in total. The quantitative estimate of drug-likeness (QED) is 0.402. The second-order valence-electron chi connectivity index (χ2n) is 8.21. The van der Waals surface area contributed by atoms with E-state index in [0.29, 0.717) is 24.3 Å². The number of rotatable bonds is 10. The molecule has 0 radical (unpaired) electrons. The Bertz CT molecular complexity index is 1140. The highest BCUT2D eigenvalue weighted by atomic mass is 32.2. The molecule has 166 valence electrons. The number of unbranched alkanes of at least 4 members (excludes halogenated alkanes) is 1. The van der Waals surface area contributed by atoms with Crippen LogP contribution in [0.3, 0.4) is 0 Å². The van der Waals surface area contributed by atoms with E-state index in [2.05, 4.69) is 14.9 Å². The molecule has 7 nitrogen and oxygen atoms in total. The first-order valence-corrected chi connectivity index (χ1v) is 12.3. The number of sulfonamides is 1. The van der Waals surface area contributed by atoms with Gasteiger partial charge in [0.2, 0.25) is 10.0 Å². The highest BCUT2D eigenvalue weighted by Crippen LogP contribution is 2.29. The van der Waals surface area contributed by atoms with Gasteiger partial charge < -0.3 is 9.84 Å². The lowest BCUT2D eigenvalue weighted by Gasteiger charge is -2.25. The van der Waals surface area contributed by atoms with Gasteiger partial charge in [-0.15, -0.1) is 0 Å². The summed E-state index contributed by atoms with van der Waals surface area (Å²) in [5, 5.41) is 18.5. The van der Waals surface area contributed by atoms with Crippen LogP contribution in [0.2, 0.25) is 0 Å². The zero-order valence-electron chi connectivity index (χ0n) is 17.7. The van der Waals surface area contributed by atoms with Gasteiger partial charge in [-0.3, -0.25) is 9.82 Å². The van der Waals surface area contributed by atoms with Crippen LogP contribution in [0.5, 0.6) is 5.75 Å². The van der Waals surface area contributed by atoms with Gasteiger partial charge in [-0.05, 0) is 68.9 Å². The lowest BCUT2D eigenvalue weighted by atomic mass is 10.0. The summed E-state index contributed by atoms with van der Waals surface area (Å²) in [5.74, 6) is 0.783. The van der Waals surface area contributed by atoms with Crippen LogP contribution in [-0.2, 0) is 10.0 Å². The molecular formula is C23H29N3O4S. The number of hydrogen-bond donors (Lipinski definition) is 3. The predicted molar refractivity (Wildman–Crippen MR) is 122 cm³/mol. The Kier molecular flexibility index (Phi) is 6.48. The largest absolute Gasteiger partial charge is 0.494 e. The van der Waals surface area contributed by atoms with Crippen molar-refractivity contribution in [2.24, 2.45) is 0 Å². The van der Waals surface area contributed by atoms with Gasteiger partial charge in [-0.25, -0.2) is 8.42 Å². The van der Waals surface area contributed by atoms with Crippen LogP contribution in [0.15, 0.2) is 42.5 Å². The summed E-state index contributed by atoms with van der Waals surface area (Å²) in [6.45, 7) is 2.54. The van der Waals surface area contributed by atoms with Crippen molar-refractivity contribution >= 4 is 26.6 Å². The van der Waals surface area contributed by atoms with Crippen molar-refractivity contribution in [3.63, 3.8) is 0 Å². The molecule has 3 aromatic rings. The van der Waals surface area contributed by atoms with Crippen molar-refractivity contribution in [2.45, 2.75) is 56.8 Å². The number of aryl methyl sites for hydroxylation is 1. The maximum Gasteiger partial charge on any atom is 0.235 e. The monoisotopic (exact) mass is 443 g/mol.